The highest BCUT2D eigenvalue weighted by Crippen LogP contribution is 2.37. The molecule has 34 heavy (non-hydrogen) atoms. The molecular weight excluding hydrogens is 479 g/mol. The first kappa shape index (κ1) is 23.8. The monoisotopic (exact) mass is 498 g/mol. The molecule has 0 bridgehead atoms. The predicted octanol–water partition coefficient (Wildman–Crippen LogP) is 6.09. The van der Waals surface area contributed by atoms with Gasteiger partial charge in [0.15, 0.2) is 0 Å². The third-order valence-electron chi connectivity index (χ3n) is 4.95. The van der Waals surface area contributed by atoms with E-state index in [0.29, 0.717) is 11.3 Å². The van der Waals surface area contributed by atoms with Crippen molar-refractivity contribution < 1.29 is 23.5 Å². The van der Waals surface area contributed by atoms with Crippen molar-refractivity contribution in [2.45, 2.75) is 20.0 Å². The Morgan fingerprint density at radius 2 is 1.94 bits per heavy atom. The first-order valence-corrected chi connectivity index (χ1v) is 11.6. The van der Waals surface area contributed by atoms with Crippen molar-refractivity contribution in [3.8, 4) is 5.75 Å². The number of fused-ring (bicyclic) bond motifs is 1. The second kappa shape index (κ2) is 9.87. The van der Waals surface area contributed by atoms with Gasteiger partial charge >= 0.3 is 0 Å². The zero-order valence-corrected chi connectivity index (χ0v) is 19.9. The Balaban J connectivity index is 1.59. The van der Waals surface area contributed by atoms with Crippen molar-refractivity contribution in [3.63, 3.8) is 0 Å². The van der Waals surface area contributed by atoms with Gasteiger partial charge in [0.25, 0.3) is 11.1 Å². The number of nitrogens with one attached hydrogen (secondary N) is 1. The number of imide groups is 1. The largest absolute Gasteiger partial charge is 0.490 e. The lowest BCUT2D eigenvalue weighted by Gasteiger charge is -2.15. The van der Waals surface area contributed by atoms with Crippen LogP contribution in [0.5, 0.6) is 5.75 Å². The molecule has 0 radical (unpaired) electrons. The molecule has 0 aliphatic carbocycles. The van der Waals surface area contributed by atoms with Crippen LogP contribution in [0.2, 0.25) is 5.02 Å². The zero-order chi connectivity index (χ0) is 24.4. The number of halogens is 2. The average Bonchev–Trinajstić information content (AvgIpc) is 3.05. The van der Waals surface area contributed by atoms with Gasteiger partial charge in [-0.15, -0.1) is 0 Å². The Morgan fingerprint density at radius 3 is 2.68 bits per heavy atom. The van der Waals surface area contributed by atoms with E-state index >= 15 is 0 Å². The van der Waals surface area contributed by atoms with Crippen LogP contribution < -0.4 is 10.1 Å². The molecule has 1 aliphatic heterocycles. The summed E-state index contributed by atoms with van der Waals surface area (Å²) in [7, 11) is 0. The van der Waals surface area contributed by atoms with Gasteiger partial charge in [-0.1, -0.05) is 41.9 Å². The molecule has 1 N–H and O–H groups in total. The minimum Gasteiger partial charge on any atom is -0.490 e. The maximum Gasteiger partial charge on any atom is 0.294 e. The van der Waals surface area contributed by atoms with Gasteiger partial charge in [-0.3, -0.25) is 19.3 Å². The molecular formula is C25H20ClFN2O4S. The lowest BCUT2D eigenvalue weighted by molar-refractivity contribution is -0.127. The van der Waals surface area contributed by atoms with Crippen molar-refractivity contribution >= 4 is 63.0 Å². The van der Waals surface area contributed by atoms with E-state index in [1.165, 1.54) is 12.1 Å². The maximum absolute atomic E-state index is 13.3. The molecule has 0 saturated carbocycles. The van der Waals surface area contributed by atoms with Crippen LogP contribution in [0.3, 0.4) is 0 Å². The smallest absolute Gasteiger partial charge is 0.294 e. The number of rotatable bonds is 6. The summed E-state index contributed by atoms with van der Waals surface area (Å²) in [5.74, 6) is -1.22. The molecule has 3 aromatic carbocycles. The van der Waals surface area contributed by atoms with Crippen LogP contribution in [0, 0.1) is 5.82 Å². The first-order valence-electron chi connectivity index (χ1n) is 10.4. The zero-order valence-electron chi connectivity index (χ0n) is 18.3. The topological polar surface area (TPSA) is 75.7 Å². The van der Waals surface area contributed by atoms with Crippen molar-refractivity contribution in [3.05, 3.63) is 75.9 Å². The second-order valence-electron chi connectivity index (χ2n) is 7.81. The minimum absolute atomic E-state index is 0.0907. The van der Waals surface area contributed by atoms with Crippen molar-refractivity contribution in [1.82, 2.24) is 4.90 Å². The second-order valence-corrected chi connectivity index (χ2v) is 9.21. The molecule has 174 valence electrons. The van der Waals surface area contributed by atoms with Crippen LogP contribution >= 0.6 is 23.4 Å². The summed E-state index contributed by atoms with van der Waals surface area (Å²) in [5, 5.41) is 3.63. The van der Waals surface area contributed by atoms with Gasteiger partial charge in [0.2, 0.25) is 5.91 Å². The predicted molar refractivity (Wildman–Crippen MR) is 132 cm³/mol. The number of nitrogens with zero attached hydrogens (tertiary/aromatic N) is 1. The van der Waals surface area contributed by atoms with Gasteiger partial charge in [0, 0.05) is 11.3 Å². The highest BCUT2D eigenvalue weighted by atomic mass is 35.5. The quantitative estimate of drug-likeness (QED) is 0.416. The number of ether oxygens (including phenoxy) is 1. The summed E-state index contributed by atoms with van der Waals surface area (Å²) < 4.78 is 19.3. The molecule has 0 aromatic heterocycles. The van der Waals surface area contributed by atoms with Gasteiger partial charge in [-0.2, -0.15) is 0 Å². The standard InChI is InChI=1S/C25H20ClFN2O4S/c1-14(2)33-21-10-7-15-5-3-4-6-17(15)18(21)12-22-24(31)29(25(32)34-22)13-23(30)28-16-8-9-20(27)19(26)11-16/h3-12,14H,13H2,1-2H3,(H,28,30)/b22-12+. The van der Waals surface area contributed by atoms with E-state index in [9.17, 15) is 18.8 Å². The molecule has 4 rings (SSSR count). The van der Waals surface area contributed by atoms with E-state index in [4.69, 9.17) is 16.3 Å². The average molecular weight is 499 g/mol. The van der Waals surface area contributed by atoms with E-state index in [0.717, 1.165) is 33.5 Å². The van der Waals surface area contributed by atoms with E-state index in [1.54, 1.807) is 6.08 Å². The molecule has 6 nitrogen and oxygen atoms in total. The van der Waals surface area contributed by atoms with E-state index < -0.39 is 29.4 Å². The Hall–Kier alpha value is -3.36. The molecule has 9 heteroatoms. The lowest BCUT2D eigenvalue weighted by atomic mass is 10.0. The number of benzene rings is 3. The van der Waals surface area contributed by atoms with Crippen LogP contribution in [-0.4, -0.2) is 34.6 Å². The van der Waals surface area contributed by atoms with Crippen LogP contribution in [-0.2, 0) is 9.59 Å². The summed E-state index contributed by atoms with van der Waals surface area (Å²) in [4.78, 5) is 39.0. The molecule has 0 atom stereocenters. The molecule has 3 aromatic rings. The maximum atomic E-state index is 13.3. The fraction of sp³-hybridized carbons (Fsp3) is 0.160. The Bertz CT molecular complexity index is 1340. The van der Waals surface area contributed by atoms with Gasteiger partial charge < -0.3 is 10.1 Å². The number of carbonyl (C=O) groups is 3. The summed E-state index contributed by atoms with van der Waals surface area (Å²) in [6.45, 7) is 3.32. The van der Waals surface area contributed by atoms with Gasteiger partial charge in [0.1, 0.15) is 18.1 Å². The molecule has 3 amide bonds. The first-order chi connectivity index (χ1) is 16.2. The van der Waals surface area contributed by atoms with Gasteiger partial charge in [-0.05, 0) is 66.7 Å². The molecule has 1 aliphatic rings. The van der Waals surface area contributed by atoms with E-state index in [-0.39, 0.29) is 21.7 Å². The molecule has 1 fully saturated rings. The summed E-state index contributed by atoms with van der Waals surface area (Å²) in [6, 6.07) is 15.1. The van der Waals surface area contributed by atoms with Gasteiger partial charge in [-0.25, -0.2) is 4.39 Å². The van der Waals surface area contributed by atoms with Crippen molar-refractivity contribution in [1.29, 1.82) is 0 Å². The number of hydrogen-bond donors (Lipinski definition) is 1. The Morgan fingerprint density at radius 1 is 1.18 bits per heavy atom. The van der Waals surface area contributed by atoms with Crippen LogP contribution in [0.15, 0.2) is 59.5 Å². The normalized spacial score (nSPS) is 15.0. The third kappa shape index (κ3) is 5.08. The fourth-order valence-electron chi connectivity index (χ4n) is 3.47. The molecule has 0 unspecified atom stereocenters. The summed E-state index contributed by atoms with van der Waals surface area (Å²) in [6.07, 6.45) is 1.54. The number of thioether (sulfide) groups is 1. The van der Waals surface area contributed by atoms with E-state index in [1.807, 2.05) is 50.2 Å². The summed E-state index contributed by atoms with van der Waals surface area (Å²) >= 11 is 6.49. The highest BCUT2D eigenvalue weighted by molar-refractivity contribution is 8.18. The number of carbonyl (C=O) groups excluding carboxylic acids is 3. The van der Waals surface area contributed by atoms with Gasteiger partial charge in [0.05, 0.1) is 16.0 Å². The number of amides is 3. The molecule has 1 heterocycles. The van der Waals surface area contributed by atoms with Crippen LogP contribution in [0.1, 0.15) is 19.4 Å². The molecule has 1 saturated heterocycles. The fourth-order valence-corrected chi connectivity index (χ4v) is 4.47. The third-order valence-corrected chi connectivity index (χ3v) is 6.14. The van der Waals surface area contributed by atoms with E-state index in [2.05, 4.69) is 5.32 Å². The van der Waals surface area contributed by atoms with Crippen LogP contribution in [0.25, 0.3) is 16.8 Å². The Kier molecular flexibility index (Phi) is 6.90. The van der Waals surface area contributed by atoms with Crippen LogP contribution in [0.4, 0.5) is 14.9 Å². The minimum atomic E-state index is -0.620. The lowest BCUT2D eigenvalue weighted by Crippen LogP contribution is -2.36. The van der Waals surface area contributed by atoms with Crippen molar-refractivity contribution in [2.24, 2.45) is 0 Å². The highest BCUT2D eigenvalue weighted by Gasteiger charge is 2.36. The Labute approximate surface area is 204 Å². The number of anilines is 1. The molecule has 0 spiro atoms. The van der Waals surface area contributed by atoms with Crippen molar-refractivity contribution in [2.75, 3.05) is 11.9 Å². The number of hydrogen-bond acceptors (Lipinski definition) is 5. The summed E-state index contributed by atoms with van der Waals surface area (Å²) in [5.41, 5.74) is 0.938. The SMILES string of the molecule is CC(C)Oc1ccc2ccccc2c1/C=C1/SC(=O)N(CC(=O)Nc2ccc(F)c(Cl)c2)C1=O.